The first-order chi connectivity index (χ1) is 16.9. The quantitative estimate of drug-likeness (QED) is 0.327. The van der Waals surface area contributed by atoms with Gasteiger partial charge >= 0.3 is 30.5 Å². The van der Waals surface area contributed by atoms with Crippen LogP contribution in [0.25, 0.3) is 11.1 Å². The number of rotatable bonds is 5. The molecule has 3 rings (SSSR count). The molecule has 3 aromatic carbocycles. The second-order valence-electron chi connectivity index (χ2n) is 7.36. The Morgan fingerprint density at radius 1 is 0.676 bits per heavy atom. The van der Waals surface area contributed by atoms with Crippen LogP contribution in [0.15, 0.2) is 54.6 Å². The van der Waals surface area contributed by atoms with E-state index in [0.717, 1.165) is 24.3 Å². The van der Waals surface area contributed by atoms with Crippen molar-refractivity contribution in [3.63, 3.8) is 0 Å². The Hall–Kier alpha value is -4.23. The van der Waals surface area contributed by atoms with Gasteiger partial charge in [-0.1, -0.05) is 24.3 Å². The average Bonchev–Trinajstić information content (AvgIpc) is 2.76. The van der Waals surface area contributed by atoms with E-state index in [1.54, 1.807) is 0 Å². The summed E-state index contributed by atoms with van der Waals surface area (Å²) in [6, 6.07) is 5.43. The summed E-state index contributed by atoms with van der Waals surface area (Å²) in [6.45, 7) is 0. The molecule has 3 aromatic rings. The zero-order valence-electron chi connectivity index (χ0n) is 17.7. The average molecular weight is 538 g/mol. The van der Waals surface area contributed by atoms with Crippen LogP contribution >= 0.6 is 0 Å². The van der Waals surface area contributed by atoms with Crippen molar-refractivity contribution in [1.82, 2.24) is 0 Å². The fourth-order valence-electron chi connectivity index (χ4n) is 3.38. The third-order valence-corrected chi connectivity index (χ3v) is 4.90. The Bertz CT molecular complexity index is 1370. The first-order valence-corrected chi connectivity index (χ1v) is 9.68. The van der Waals surface area contributed by atoms with E-state index < -0.39 is 80.9 Å². The predicted molar refractivity (Wildman–Crippen MR) is 107 cm³/mol. The zero-order valence-corrected chi connectivity index (χ0v) is 17.7. The summed E-state index contributed by atoms with van der Waals surface area (Å²) in [7, 11) is 0. The van der Waals surface area contributed by atoms with Crippen molar-refractivity contribution in [1.29, 1.82) is 0 Å². The molecule has 0 saturated carbocycles. The predicted octanol–water partition coefficient (Wildman–Crippen LogP) is 7.60. The van der Waals surface area contributed by atoms with Crippen molar-refractivity contribution >= 4 is 11.9 Å². The van der Waals surface area contributed by atoms with Crippen LogP contribution in [0.5, 0.6) is 11.5 Å². The summed E-state index contributed by atoms with van der Waals surface area (Å²) in [6.07, 6.45) is -15.6. The van der Waals surface area contributed by atoms with Crippen molar-refractivity contribution in [3.8, 4) is 22.6 Å². The number of hydrogen-bond donors (Lipinski definition) is 2. The van der Waals surface area contributed by atoms with E-state index in [0.29, 0.717) is 18.2 Å². The highest BCUT2D eigenvalue weighted by Crippen LogP contribution is 2.46. The smallest absolute Gasteiger partial charge is 0.420 e. The third kappa shape index (κ3) is 5.78. The molecule has 0 unspecified atom stereocenters. The number of carboxylic acids is 2. The van der Waals surface area contributed by atoms with Crippen molar-refractivity contribution in [2.24, 2.45) is 0 Å². The van der Waals surface area contributed by atoms with Gasteiger partial charge in [0.2, 0.25) is 0 Å². The molecular formula is C23H11F9O5. The first kappa shape index (κ1) is 27.4. The van der Waals surface area contributed by atoms with Crippen molar-refractivity contribution in [3.05, 3.63) is 82.4 Å². The molecule has 0 aromatic heterocycles. The minimum Gasteiger partial charge on any atom is -0.478 e. The summed E-state index contributed by atoms with van der Waals surface area (Å²) in [5.74, 6) is -6.83. The fourth-order valence-corrected chi connectivity index (χ4v) is 3.38. The van der Waals surface area contributed by atoms with Gasteiger partial charge in [-0.2, -0.15) is 39.5 Å². The molecule has 0 fully saturated rings. The lowest BCUT2D eigenvalue weighted by Crippen LogP contribution is -2.18. The van der Waals surface area contributed by atoms with Gasteiger partial charge in [0.15, 0.2) is 0 Å². The van der Waals surface area contributed by atoms with Gasteiger partial charge in [-0.05, 0) is 35.9 Å². The summed E-state index contributed by atoms with van der Waals surface area (Å²) in [4.78, 5) is 22.8. The summed E-state index contributed by atoms with van der Waals surface area (Å²) in [5, 5.41) is 18.4. The second kappa shape index (κ2) is 9.33. The van der Waals surface area contributed by atoms with Crippen LogP contribution in [0, 0.1) is 0 Å². The van der Waals surface area contributed by atoms with Gasteiger partial charge in [0.05, 0.1) is 27.8 Å². The molecule has 196 valence electrons. The zero-order chi connectivity index (χ0) is 27.9. The van der Waals surface area contributed by atoms with Gasteiger partial charge < -0.3 is 14.9 Å². The molecule has 2 N–H and O–H groups in total. The van der Waals surface area contributed by atoms with E-state index in [1.807, 2.05) is 0 Å². The monoisotopic (exact) mass is 538 g/mol. The van der Waals surface area contributed by atoms with Gasteiger partial charge in [-0.15, -0.1) is 0 Å². The van der Waals surface area contributed by atoms with Gasteiger partial charge in [-0.3, -0.25) is 0 Å². The van der Waals surface area contributed by atoms with Crippen molar-refractivity contribution in [2.75, 3.05) is 0 Å². The Balaban J connectivity index is 2.33. The van der Waals surface area contributed by atoms with Crippen LogP contribution in [0.2, 0.25) is 0 Å². The molecule has 0 heterocycles. The van der Waals surface area contributed by atoms with Crippen LogP contribution in [0.1, 0.15) is 37.4 Å². The number of carbonyl (C=O) groups is 2. The molecule has 0 atom stereocenters. The van der Waals surface area contributed by atoms with Crippen LogP contribution < -0.4 is 4.74 Å². The van der Waals surface area contributed by atoms with Crippen LogP contribution in [0.4, 0.5) is 39.5 Å². The molecule has 0 bridgehead atoms. The lowest BCUT2D eigenvalue weighted by atomic mass is 9.98. The maximum atomic E-state index is 13.7. The molecule has 37 heavy (non-hydrogen) atoms. The minimum absolute atomic E-state index is 0.0149. The topological polar surface area (TPSA) is 83.8 Å². The number of alkyl halides is 9. The maximum Gasteiger partial charge on any atom is 0.420 e. The van der Waals surface area contributed by atoms with E-state index in [2.05, 4.69) is 0 Å². The Kier molecular flexibility index (Phi) is 6.90. The normalized spacial score (nSPS) is 12.4. The van der Waals surface area contributed by atoms with Gasteiger partial charge in [0.1, 0.15) is 11.5 Å². The summed E-state index contributed by atoms with van der Waals surface area (Å²) < 4.78 is 126. The molecule has 0 radical (unpaired) electrons. The standard InChI is InChI=1S/C23H11F9O5/c24-21(25,26)11-4-1-3-10(7-11)13-5-2-6-15(22(27,28)29)18(13)37-12-8-14(19(33)34)17(20(35)36)16(9-12)23(30,31)32/h1-9H,(H,33,34)(H,35,36). The molecule has 0 spiro atoms. The van der Waals surface area contributed by atoms with E-state index in [1.165, 1.54) is 0 Å². The Morgan fingerprint density at radius 2 is 1.27 bits per heavy atom. The molecule has 5 nitrogen and oxygen atoms in total. The van der Waals surface area contributed by atoms with Gasteiger partial charge in [0.25, 0.3) is 0 Å². The molecule has 0 aliphatic rings. The van der Waals surface area contributed by atoms with Crippen molar-refractivity contribution < 1.29 is 64.1 Å². The number of hydrogen-bond acceptors (Lipinski definition) is 3. The van der Waals surface area contributed by atoms with Gasteiger partial charge in [0, 0.05) is 5.56 Å². The highest BCUT2D eigenvalue weighted by Gasteiger charge is 2.40. The molecule has 0 aliphatic carbocycles. The molecular weight excluding hydrogens is 527 g/mol. The number of carboxylic acid groups (broad SMARTS) is 2. The number of ether oxygens (including phenoxy) is 1. The SMILES string of the molecule is O=C(O)c1cc(Oc2c(-c3cccc(C(F)(F)F)c3)cccc2C(F)(F)F)cc(C(F)(F)F)c1C(=O)O. The maximum absolute atomic E-state index is 13.7. The molecule has 0 aliphatic heterocycles. The third-order valence-electron chi connectivity index (χ3n) is 4.90. The largest absolute Gasteiger partial charge is 0.478 e. The number of benzene rings is 3. The lowest BCUT2D eigenvalue weighted by molar-refractivity contribution is -0.139. The summed E-state index contributed by atoms with van der Waals surface area (Å²) >= 11 is 0. The first-order valence-electron chi connectivity index (χ1n) is 9.68. The van der Waals surface area contributed by atoms with Crippen LogP contribution in [-0.2, 0) is 18.5 Å². The van der Waals surface area contributed by atoms with Crippen LogP contribution in [0.3, 0.4) is 0 Å². The minimum atomic E-state index is -5.47. The van der Waals surface area contributed by atoms with E-state index in [9.17, 15) is 54.2 Å². The number of halogens is 9. The van der Waals surface area contributed by atoms with E-state index in [-0.39, 0.29) is 12.1 Å². The molecule has 0 saturated heterocycles. The second-order valence-corrected chi connectivity index (χ2v) is 7.36. The summed E-state index contributed by atoms with van der Waals surface area (Å²) in [5.41, 5.74) is -9.07. The Labute approximate surface area is 200 Å². The van der Waals surface area contributed by atoms with E-state index in [4.69, 9.17) is 9.84 Å². The highest BCUT2D eigenvalue weighted by atomic mass is 19.4. The van der Waals surface area contributed by atoms with E-state index >= 15 is 0 Å². The molecule has 0 amide bonds. The lowest BCUT2D eigenvalue weighted by Gasteiger charge is -2.20. The fraction of sp³-hybridized carbons (Fsp3) is 0.130. The highest BCUT2D eigenvalue weighted by molar-refractivity contribution is 6.03. The number of para-hydroxylation sites is 1. The molecule has 14 heteroatoms. The van der Waals surface area contributed by atoms with Gasteiger partial charge in [-0.25, -0.2) is 9.59 Å². The van der Waals surface area contributed by atoms with Crippen LogP contribution in [-0.4, -0.2) is 22.2 Å². The number of aromatic carboxylic acids is 2. The Morgan fingerprint density at radius 3 is 1.78 bits per heavy atom. The van der Waals surface area contributed by atoms with Crippen molar-refractivity contribution in [2.45, 2.75) is 18.5 Å².